The van der Waals surface area contributed by atoms with E-state index >= 15 is 0 Å². The average Bonchev–Trinajstić information content (AvgIpc) is 2.92. The minimum absolute atomic E-state index is 0.0980. The van der Waals surface area contributed by atoms with Crippen molar-refractivity contribution in [3.8, 4) is 0 Å². The third-order valence-electron chi connectivity index (χ3n) is 2.77. The lowest BCUT2D eigenvalue weighted by atomic mass is 10.4. The molecule has 0 amide bonds. The van der Waals surface area contributed by atoms with E-state index in [9.17, 15) is 13.2 Å². The van der Waals surface area contributed by atoms with Gasteiger partial charge in [0.1, 0.15) is 0 Å². The molecule has 7 nitrogen and oxygen atoms in total. The summed E-state index contributed by atoms with van der Waals surface area (Å²) in [6.07, 6.45) is 2.97. The van der Waals surface area contributed by atoms with E-state index in [0.717, 1.165) is 0 Å². The smallest absolute Gasteiger partial charge is 0.281 e. The van der Waals surface area contributed by atoms with Crippen LogP contribution in [0.1, 0.15) is 0 Å². The molecule has 21 heavy (non-hydrogen) atoms. The van der Waals surface area contributed by atoms with E-state index in [4.69, 9.17) is 11.6 Å². The van der Waals surface area contributed by atoms with Crippen molar-refractivity contribution in [1.82, 2.24) is 14.0 Å². The minimum Gasteiger partial charge on any atom is -0.316 e. The Morgan fingerprint density at radius 3 is 2.86 bits per heavy atom. The maximum atomic E-state index is 12.5. The Bertz CT molecular complexity index is 986. The molecule has 0 radical (unpaired) electrons. The molecule has 0 unspecified atom stereocenters. The van der Waals surface area contributed by atoms with Crippen LogP contribution < -0.4 is 10.3 Å². The predicted octanol–water partition coefficient (Wildman–Crippen LogP) is 1.55. The van der Waals surface area contributed by atoms with Gasteiger partial charge in [-0.05, 0) is 6.07 Å². The molecule has 10 heteroatoms. The minimum atomic E-state index is -3.92. The van der Waals surface area contributed by atoms with Gasteiger partial charge in [-0.3, -0.25) is 13.9 Å². The summed E-state index contributed by atoms with van der Waals surface area (Å²) in [5.74, 6) is 0. The number of fused-ring (bicyclic) bond motifs is 1. The number of halogens is 1. The number of sulfonamides is 1. The molecule has 0 atom stereocenters. The Kier molecular flexibility index (Phi) is 3.27. The Morgan fingerprint density at radius 1 is 1.38 bits per heavy atom. The number of imidazole rings is 1. The van der Waals surface area contributed by atoms with Crippen LogP contribution in [0.15, 0.2) is 39.7 Å². The molecule has 3 aromatic heterocycles. The quantitative estimate of drug-likeness (QED) is 0.781. The Balaban J connectivity index is 2.08. The van der Waals surface area contributed by atoms with Crippen LogP contribution in [0.3, 0.4) is 0 Å². The molecule has 0 aromatic carbocycles. The van der Waals surface area contributed by atoms with Crippen LogP contribution in [0.25, 0.3) is 4.96 Å². The Labute approximate surface area is 128 Å². The number of anilines is 1. The summed E-state index contributed by atoms with van der Waals surface area (Å²) in [5, 5.41) is 1.48. The monoisotopic (exact) mass is 344 g/mol. The van der Waals surface area contributed by atoms with Gasteiger partial charge in [-0.25, -0.2) is 4.98 Å². The maximum Gasteiger partial charge on any atom is 0.281 e. The SMILES string of the molecule is Cn1cc(NS(=O)(=O)c2c(Cl)nc3sccn23)ccc1=O. The molecular weight excluding hydrogens is 336 g/mol. The lowest BCUT2D eigenvalue weighted by Gasteiger charge is -2.08. The molecule has 0 saturated carbocycles. The van der Waals surface area contributed by atoms with Crippen LogP contribution in [0.2, 0.25) is 5.15 Å². The first-order chi connectivity index (χ1) is 9.88. The number of nitrogens with zero attached hydrogens (tertiary/aromatic N) is 3. The molecule has 3 aromatic rings. The first-order valence-corrected chi connectivity index (χ1v) is 8.43. The molecule has 1 N–H and O–H groups in total. The average molecular weight is 345 g/mol. The van der Waals surface area contributed by atoms with Gasteiger partial charge in [-0.1, -0.05) is 11.6 Å². The topological polar surface area (TPSA) is 85.5 Å². The molecule has 0 aliphatic carbocycles. The summed E-state index contributed by atoms with van der Waals surface area (Å²) >= 11 is 7.20. The molecule has 3 rings (SSSR count). The lowest BCUT2D eigenvalue weighted by molar-refractivity contribution is 0.596. The second-order valence-corrected chi connectivity index (χ2v) is 7.06. The van der Waals surface area contributed by atoms with Gasteiger partial charge in [0.2, 0.25) is 5.56 Å². The summed E-state index contributed by atoms with van der Waals surface area (Å²) < 4.78 is 30.0. The molecule has 0 spiro atoms. The highest BCUT2D eigenvalue weighted by atomic mass is 35.5. The Morgan fingerprint density at radius 2 is 2.14 bits per heavy atom. The largest absolute Gasteiger partial charge is 0.316 e. The van der Waals surface area contributed by atoms with Crippen LogP contribution in [-0.2, 0) is 17.1 Å². The van der Waals surface area contributed by atoms with Gasteiger partial charge in [0.25, 0.3) is 10.0 Å². The van der Waals surface area contributed by atoms with Crippen molar-refractivity contribution >= 4 is 43.6 Å². The first-order valence-electron chi connectivity index (χ1n) is 5.69. The summed E-state index contributed by atoms with van der Waals surface area (Å²) in [7, 11) is -2.39. The van der Waals surface area contributed by atoms with E-state index in [0.29, 0.717) is 4.96 Å². The van der Waals surface area contributed by atoms with E-state index in [1.807, 2.05) is 0 Å². The van der Waals surface area contributed by atoms with E-state index in [1.165, 1.54) is 45.7 Å². The molecule has 0 fully saturated rings. The van der Waals surface area contributed by atoms with E-state index in [2.05, 4.69) is 9.71 Å². The normalized spacial score (nSPS) is 11.9. The van der Waals surface area contributed by atoms with Crippen LogP contribution in [-0.4, -0.2) is 22.4 Å². The maximum absolute atomic E-state index is 12.5. The molecular formula is C11H9ClN4O3S2. The van der Waals surface area contributed by atoms with Gasteiger partial charge >= 0.3 is 0 Å². The standard InChI is InChI=1S/C11H9ClN4O3S2/c1-15-6-7(2-3-8(15)17)14-21(18,19)10-9(12)13-11-16(10)4-5-20-11/h2-6,14H,1H3. The fourth-order valence-corrected chi connectivity index (χ4v) is 4.34. The van der Waals surface area contributed by atoms with E-state index in [-0.39, 0.29) is 21.4 Å². The first kappa shape index (κ1) is 14.1. The summed E-state index contributed by atoms with van der Waals surface area (Å²) in [6, 6.07) is 2.66. The van der Waals surface area contributed by atoms with E-state index < -0.39 is 10.0 Å². The van der Waals surface area contributed by atoms with Gasteiger partial charge in [-0.15, -0.1) is 11.3 Å². The highest BCUT2D eigenvalue weighted by Crippen LogP contribution is 2.26. The summed E-state index contributed by atoms with van der Waals surface area (Å²) in [4.78, 5) is 15.8. The van der Waals surface area contributed by atoms with Crippen molar-refractivity contribution in [2.24, 2.45) is 7.05 Å². The van der Waals surface area contributed by atoms with Crippen molar-refractivity contribution in [2.75, 3.05) is 4.72 Å². The third kappa shape index (κ3) is 2.43. The summed E-state index contributed by atoms with van der Waals surface area (Å²) in [6.45, 7) is 0. The number of thiazole rings is 1. The second kappa shape index (κ2) is 4.86. The molecule has 0 bridgehead atoms. The number of hydrogen-bond donors (Lipinski definition) is 1. The van der Waals surface area contributed by atoms with Crippen molar-refractivity contribution < 1.29 is 8.42 Å². The zero-order chi connectivity index (χ0) is 15.2. The van der Waals surface area contributed by atoms with Crippen LogP contribution in [0.5, 0.6) is 0 Å². The number of rotatable bonds is 3. The predicted molar refractivity (Wildman–Crippen MR) is 80.6 cm³/mol. The molecule has 0 saturated heterocycles. The Hall–Kier alpha value is -1.84. The lowest BCUT2D eigenvalue weighted by Crippen LogP contribution is -2.19. The van der Waals surface area contributed by atoms with E-state index in [1.54, 1.807) is 11.6 Å². The second-order valence-electron chi connectivity index (χ2n) is 4.24. The fraction of sp³-hybridized carbons (Fsp3) is 0.0909. The zero-order valence-electron chi connectivity index (χ0n) is 10.6. The van der Waals surface area contributed by atoms with Gasteiger partial charge in [0, 0.05) is 30.9 Å². The highest BCUT2D eigenvalue weighted by molar-refractivity contribution is 7.92. The van der Waals surface area contributed by atoms with Crippen molar-refractivity contribution in [1.29, 1.82) is 0 Å². The molecule has 0 aliphatic rings. The number of nitrogens with one attached hydrogen (secondary N) is 1. The number of pyridine rings is 1. The van der Waals surface area contributed by atoms with Gasteiger partial charge in [-0.2, -0.15) is 8.42 Å². The van der Waals surface area contributed by atoms with Gasteiger partial charge in [0.15, 0.2) is 15.1 Å². The van der Waals surface area contributed by atoms with Crippen LogP contribution >= 0.6 is 22.9 Å². The number of aromatic nitrogens is 3. The molecule has 3 heterocycles. The van der Waals surface area contributed by atoms with Crippen LogP contribution in [0.4, 0.5) is 5.69 Å². The summed E-state index contributed by atoms with van der Waals surface area (Å²) in [5.41, 5.74) is 0.0268. The number of aryl methyl sites for hydroxylation is 1. The van der Waals surface area contributed by atoms with Crippen molar-refractivity contribution in [3.63, 3.8) is 0 Å². The zero-order valence-corrected chi connectivity index (χ0v) is 13.0. The van der Waals surface area contributed by atoms with Gasteiger partial charge < -0.3 is 4.57 Å². The van der Waals surface area contributed by atoms with Crippen molar-refractivity contribution in [3.05, 3.63) is 45.4 Å². The van der Waals surface area contributed by atoms with Crippen LogP contribution in [0, 0.1) is 0 Å². The van der Waals surface area contributed by atoms with Crippen molar-refractivity contribution in [2.45, 2.75) is 5.03 Å². The highest BCUT2D eigenvalue weighted by Gasteiger charge is 2.25. The molecule has 0 aliphatic heterocycles. The fourth-order valence-electron chi connectivity index (χ4n) is 1.84. The van der Waals surface area contributed by atoms with Gasteiger partial charge in [0.05, 0.1) is 5.69 Å². The number of hydrogen-bond acceptors (Lipinski definition) is 5. The molecule has 110 valence electrons. The third-order valence-corrected chi connectivity index (χ3v) is 5.31.